The average Bonchev–Trinajstić information content (AvgIpc) is 4.12. The first-order chi connectivity index (χ1) is 34.7. The van der Waals surface area contributed by atoms with Crippen molar-refractivity contribution in [3.8, 4) is 17.6 Å². The van der Waals surface area contributed by atoms with Gasteiger partial charge in [0, 0.05) is 36.0 Å². The van der Waals surface area contributed by atoms with E-state index in [0.717, 1.165) is 21.5 Å². The number of rotatable bonds is 34. The molecule has 3 N–H and O–H groups in total. The number of halogens is 1. The van der Waals surface area contributed by atoms with Gasteiger partial charge in [-0.1, -0.05) is 47.4 Å². The number of hydrogen-bond acceptors (Lipinski definition) is 19. The molecule has 0 aliphatic heterocycles. The number of fused-ring (bicyclic) bond motifs is 1. The number of hydrogen-bond donors (Lipinski definition) is 3. The number of aryl methyl sites for hydroxylation is 3. The van der Waals surface area contributed by atoms with Crippen molar-refractivity contribution >= 4 is 66.5 Å². The van der Waals surface area contributed by atoms with Gasteiger partial charge in [-0.2, -0.15) is 0 Å². The van der Waals surface area contributed by atoms with Crippen LogP contribution in [-0.2, 0) is 47.9 Å². The second kappa shape index (κ2) is 30.0. The summed E-state index contributed by atoms with van der Waals surface area (Å²) in [4.78, 5) is 35.5. The number of carbonyl (C=O) groups excluding carboxylic acids is 1. The Labute approximate surface area is 420 Å². The maximum Gasteiger partial charge on any atom is 0.355 e. The molecule has 19 nitrogen and oxygen atoms in total. The molecule has 71 heavy (non-hydrogen) atoms. The first-order valence-electron chi connectivity index (χ1n) is 23.5. The number of ether oxygens (including phenoxy) is 6. The number of carbonyl (C=O) groups is 2. The van der Waals surface area contributed by atoms with Crippen LogP contribution in [0, 0.1) is 24.6 Å². The number of Topliss-reactive ketones (excluding diaryl/α,β-unsaturated/α-hetero) is 1. The zero-order valence-corrected chi connectivity index (χ0v) is 42.0. The van der Waals surface area contributed by atoms with Gasteiger partial charge in [-0.25, -0.2) is 23.8 Å². The van der Waals surface area contributed by atoms with Crippen molar-refractivity contribution in [3.63, 3.8) is 0 Å². The maximum absolute atomic E-state index is 14.8. The summed E-state index contributed by atoms with van der Waals surface area (Å²) in [6.45, 7) is 9.72. The smallest absolute Gasteiger partial charge is 0.355 e. The van der Waals surface area contributed by atoms with Gasteiger partial charge in [0.15, 0.2) is 39.2 Å². The molecule has 0 spiro atoms. The van der Waals surface area contributed by atoms with Gasteiger partial charge >= 0.3 is 5.97 Å². The molecule has 380 valence electrons. The summed E-state index contributed by atoms with van der Waals surface area (Å²) in [6.07, 6.45) is 4.78. The summed E-state index contributed by atoms with van der Waals surface area (Å²) >= 11 is 2.77. The van der Waals surface area contributed by atoms with Crippen molar-refractivity contribution in [2.45, 2.75) is 58.9 Å². The fourth-order valence-electron chi connectivity index (χ4n) is 6.68. The Morgan fingerprint density at radius 2 is 1.58 bits per heavy atom. The lowest BCUT2D eigenvalue weighted by Crippen LogP contribution is -2.21. The molecule has 4 aromatic heterocycles. The van der Waals surface area contributed by atoms with E-state index in [0.29, 0.717) is 157 Å². The van der Waals surface area contributed by atoms with Crippen LogP contribution in [0.15, 0.2) is 54.7 Å². The third-order valence-corrected chi connectivity index (χ3v) is 12.5. The number of anilines is 4. The van der Waals surface area contributed by atoms with Crippen LogP contribution < -0.4 is 20.3 Å². The van der Waals surface area contributed by atoms with Crippen LogP contribution >= 0.6 is 22.7 Å². The molecule has 4 heterocycles. The molecular weight excluding hydrogens is 956 g/mol. The van der Waals surface area contributed by atoms with E-state index in [4.69, 9.17) is 28.4 Å². The van der Waals surface area contributed by atoms with Crippen LogP contribution in [0.1, 0.15) is 64.8 Å². The van der Waals surface area contributed by atoms with Gasteiger partial charge in [-0.15, -0.1) is 26.6 Å². The molecule has 0 aliphatic rings. The maximum atomic E-state index is 14.8. The number of benzene rings is 2. The molecule has 0 amide bonds. The summed E-state index contributed by atoms with van der Waals surface area (Å²) in [5.41, 5.74) is 2.94. The van der Waals surface area contributed by atoms with Gasteiger partial charge < -0.3 is 49.1 Å². The van der Waals surface area contributed by atoms with Crippen molar-refractivity contribution < 1.29 is 47.5 Å². The first-order valence-corrected chi connectivity index (χ1v) is 25.2. The third-order valence-electron chi connectivity index (χ3n) is 10.4. The van der Waals surface area contributed by atoms with Crippen molar-refractivity contribution in [1.29, 1.82) is 0 Å². The number of carboxylic acid groups (broad SMARTS) is 1. The summed E-state index contributed by atoms with van der Waals surface area (Å²) in [5, 5.41) is 35.4. The first kappa shape index (κ1) is 54.3. The van der Waals surface area contributed by atoms with E-state index in [1.54, 1.807) is 23.9 Å². The Morgan fingerprint density at radius 1 is 0.845 bits per heavy atom. The topological polar surface area (TPSA) is 219 Å². The van der Waals surface area contributed by atoms with Crippen LogP contribution in [0.25, 0.3) is 10.2 Å². The quantitative estimate of drug-likeness (QED) is 0.0279. The van der Waals surface area contributed by atoms with Gasteiger partial charge in [-0.3, -0.25) is 4.79 Å². The zero-order valence-electron chi connectivity index (χ0n) is 40.3. The van der Waals surface area contributed by atoms with Crippen molar-refractivity contribution in [2.24, 2.45) is 0 Å². The minimum atomic E-state index is -1.16. The van der Waals surface area contributed by atoms with E-state index >= 15 is 0 Å². The summed E-state index contributed by atoms with van der Waals surface area (Å²) < 4.78 is 51.0. The lowest BCUT2D eigenvalue weighted by atomic mass is 10.2. The number of nitrogens with zero attached hydrogens (tertiary/aromatic N) is 8. The number of aromatic nitrogens is 7. The molecule has 0 radical (unpaired) electrons. The van der Waals surface area contributed by atoms with Gasteiger partial charge in [-0.05, 0) is 81.6 Å². The molecule has 0 bridgehead atoms. The number of aromatic carboxylic acids is 1. The molecule has 22 heteroatoms. The minimum absolute atomic E-state index is 0.0650. The molecule has 0 saturated carbocycles. The largest absolute Gasteiger partial charge is 0.491 e. The third kappa shape index (κ3) is 18.3. The van der Waals surface area contributed by atoms with E-state index in [1.807, 2.05) is 55.3 Å². The Balaban J connectivity index is 0.978. The summed E-state index contributed by atoms with van der Waals surface area (Å²) in [5.74, 6) is 5.45. The molecule has 0 aliphatic carbocycles. The standard InChI is InChI=1S/C49H61FN10O9S2/c1-4-38(61)17-22-64-24-26-66-28-30-68-31-29-67-27-25-65-23-20-59-34-37(55-58-59)11-8-19-60(44-32-35(2)46(57-56-44)54-48-52-40-12-5-6-13-42(40)70-48)49-53-45(47(62)63)43(71-49)14-9-21-69-41-16-15-36(33-39(41)50)10-7-18-51-3/h5-6,12-13,15-16,32-34,51H,4,8-9,11,14,17-31H2,1-3H3,(H,62,63)(H,52,54,57). The number of nitrogens with one attached hydrogen (secondary N) is 2. The molecule has 0 unspecified atom stereocenters. The molecule has 0 fully saturated rings. The van der Waals surface area contributed by atoms with Crippen molar-refractivity contribution in [3.05, 3.63) is 87.9 Å². The predicted octanol–water partition coefficient (Wildman–Crippen LogP) is 6.83. The van der Waals surface area contributed by atoms with Crippen LogP contribution in [0.4, 0.5) is 26.3 Å². The number of thiazole rings is 2. The van der Waals surface area contributed by atoms with E-state index in [1.165, 1.54) is 28.7 Å². The van der Waals surface area contributed by atoms with Crippen LogP contribution in [0.2, 0.25) is 0 Å². The monoisotopic (exact) mass is 1020 g/mol. The normalized spacial score (nSPS) is 11.2. The van der Waals surface area contributed by atoms with E-state index in [9.17, 15) is 19.1 Å². The highest BCUT2D eigenvalue weighted by Crippen LogP contribution is 2.34. The summed E-state index contributed by atoms with van der Waals surface area (Å²) in [6, 6.07) is 14.3. The molecule has 2 aromatic carbocycles. The molecule has 0 saturated heterocycles. The minimum Gasteiger partial charge on any atom is -0.491 e. The fraction of sp³-hybridized carbons (Fsp3) is 0.469. The lowest BCUT2D eigenvalue weighted by molar-refractivity contribution is -0.120. The zero-order chi connectivity index (χ0) is 50.0. The van der Waals surface area contributed by atoms with Gasteiger partial charge in [0.05, 0.1) is 102 Å². The Morgan fingerprint density at radius 3 is 2.27 bits per heavy atom. The SMILES string of the molecule is CCC(=O)CCOCCOCCOCCOCCOCCn1cc(CCCN(c2cc(C)c(Nc3nc4ccccc4s3)nn2)c2nc(C(=O)O)c(CCCOc3ccc(C#CCNC)cc3F)s2)nn1. The second-order valence-corrected chi connectivity index (χ2v) is 17.9. The van der Waals surface area contributed by atoms with Crippen molar-refractivity contribution in [2.75, 3.05) is 103 Å². The Kier molecular flexibility index (Phi) is 22.9. The van der Waals surface area contributed by atoms with E-state index in [2.05, 4.69) is 53.0 Å². The van der Waals surface area contributed by atoms with Gasteiger partial charge in [0.2, 0.25) is 0 Å². The van der Waals surface area contributed by atoms with Crippen LogP contribution in [0.3, 0.4) is 0 Å². The highest BCUT2D eigenvalue weighted by molar-refractivity contribution is 7.22. The fourth-order valence-corrected chi connectivity index (χ4v) is 8.67. The van der Waals surface area contributed by atoms with Gasteiger partial charge in [0.25, 0.3) is 0 Å². The molecule has 6 rings (SSSR count). The van der Waals surface area contributed by atoms with Gasteiger partial charge in [0.1, 0.15) is 5.78 Å². The molecule has 6 aromatic rings. The molecular formula is C49H61FN10O9S2. The van der Waals surface area contributed by atoms with E-state index < -0.39 is 11.8 Å². The average molecular weight is 1020 g/mol. The number of para-hydroxylation sites is 1. The molecule has 0 atom stereocenters. The Bertz CT molecular complexity index is 2620. The van der Waals surface area contributed by atoms with E-state index in [-0.39, 0.29) is 23.8 Å². The van der Waals surface area contributed by atoms with Crippen molar-refractivity contribution in [1.82, 2.24) is 40.5 Å². The number of carboxylic acids is 1. The van der Waals surface area contributed by atoms with Crippen LogP contribution in [-0.4, -0.2) is 145 Å². The Hall–Kier alpha value is -6.03. The van der Waals surface area contributed by atoms with Crippen LogP contribution in [0.5, 0.6) is 5.75 Å². The second-order valence-electron chi connectivity index (χ2n) is 15.8. The lowest BCUT2D eigenvalue weighted by Gasteiger charge is -2.21. The number of ketones is 1. The highest BCUT2D eigenvalue weighted by Gasteiger charge is 2.24. The predicted molar refractivity (Wildman–Crippen MR) is 269 cm³/mol. The highest BCUT2D eigenvalue weighted by atomic mass is 32.1. The summed E-state index contributed by atoms with van der Waals surface area (Å²) in [7, 11) is 1.78.